The van der Waals surface area contributed by atoms with E-state index in [0.717, 1.165) is 15.0 Å². The molecule has 1 heterocycles. The average Bonchev–Trinajstić information content (AvgIpc) is 3.10. The first kappa shape index (κ1) is 17.0. The van der Waals surface area contributed by atoms with Gasteiger partial charge >= 0.3 is 0 Å². The van der Waals surface area contributed by atoms with Crippen LogP contribution < -0.4 is 10.1 Å². The van der Waals surface area contributed by atoms with E-state index in [2.05, 4.69) is 40.0 Å². The SMILES string of the molecule is O=C(COc1ccc(C2SCCS2)cc1)Nc1ccc(I)cc1. The summed E-state index contributed by atoms with van der Waals surface area (Å²) in [6, 6.07) is 15.7. The molecule has 0 atom stereocenters. The lowest BCUT2D eigenvalue weighted by Crippen LogP contribution is -2.20. The second kappa shape index (κ2) is 8.30. The molecular formula is C17H16INO2S2. The number of hydrogen-bond donors (Lipinski definition) is 1. The van der Waals surface area contributed by atoms with E-state index in [1.165, 1.54) is 17.1 Å². The van der Waals surface area contributed by atoms with Crippen molar-refractivity contribution in [3.63, 3.8) is 0 Å². The van der Waals surface area contributed by atoms with Crippen molar-refractivity contribution >= 4 is 57.7 Å². The third-order valence-electron chi connectivity index (χ3n) is 3.27. The van der Waals surface area contributed by atoms with Crippen molar-refractivity contribution < 1.29 is 9.53 Å². The first-order valence-electron chi connectivity index (χ1n) is 7.22. The summed E-state index contributed by atoms with van der Waals surface area (Å²) < 4.78 is 7.22. The summed E-state index contributed by atoms with van der Waals surface area (Å²) >= 11 is 6.19. The summed E-state index contributed by atoms with van der Waals surface area (Å²) in [5, 5.41) is 2.82. The number of rotatable bonds is 5. The van der Waals surface area contributed by atoms with Crippen LogP contribution in [0.3, 0.4) is 0 Å². The molecule has 1 amide bonds. The van der Waals surface area contributed by atoms with Gasteiger partial charge in [-0.25, -0.2) is 0 Å². The van der Waals surface area contributed by atoms with Gasteiger partial charge in [-0.05, 0) is 64.6 Å². The molecule has 3 rings (SSSR count). The maximum Gasteiger partial charge on any atom is 0.262 e. The Morgan fingerprint density at radius 1 is 1.09 bits per heavy atom. The highest BCUT2D eigenvalue weighted by Crippen LogP contribution is 2.45. The fourth-order valence-corrected chi connectivity index (χ4v) is 5.37. The maximum atomic E-state index is 11.9. The molecule has 0 bridgehead atoms. The van der Waals surface area contributed by atoms with Crippen LogP contribution in [0.1, 0.15) is 10.1 Å². The van der Waals surface area contributed by atoms with Crippen molar-refractivity contribution in [1.82, 2.24) is 0 Å². The molecular weight excluding hydrogens is 441 g/mol. The molecule has 2 aromatic rings. The molecule has 3 nitrogen and oxygen atoms in total. The summed E-state index contributed by atoms with van der Waals surface area (Å²) in [5.41, 5.74) is 2.10. The standard InChI is InChI=1S/C17H16INO2S2/c18-13-3-5-14(6-4-13)19-16(20)11-21-15-7-1-12(2-8-15)17-22-9-10-23-17/h1-8,17H,9-11H2,(H,19,20). The number of hydrogen-bond acceptors (Lipinski definition) is 4. The average molecular weight is 457 g/mol. The number of thioether (sulfide) groups is 2. The number of carbonyl (C=O) groups is 1. The Morgan fingerprint density at radius 3 is 2.39 bits per heavy atom. The predicted molar refractivity (Wildman–Crippen MR) is 107 cm³/mol. The van der Waals surface area contributed by atoms with Gasteiger partial charge in [0.2, 0.25) is 0 Å². The molecule has 0 spiro atoms. The Labute approximate surface area is 158 Å². The fraction of sp³-hybridized carbons (Fsp3) is 0.235. The lowest BCUT2D eigenvalue weighted by molar-refractivity contribution is -0.118. The van der Waals surface area contributed by atoms with Crippen LogP contribution in [0.25, 0.3) is 0 Å². The van der Waals surface area contributed by atoms with Gasteiger partial charge < -0.3 is 10.1 Å². The van der Waals surface area contributed by atoms with Gasteiger partial charge in [0.25, 0.3) is 5.91 Å². The molecule has 1 N–H and O–H groups in total. The van der Waals surface area contributed by atoms with Crippen LogP contribution >= 0.6 is 46.1 Å². The summed E-state index contributed by atoms with van der Waals surface area (Å²) in [5.74, 6) is 3.00. The molecule has 0 radical (unpaired) electrons. The minimum atomic E-state index is -0.155. The number of carbonyl (C=O) groups excluding carboxylic acids is 1. The van der Waals surface area contributed by atoms with Gasteiger partial charge in [-0.15, -0.1) is 23.5 Å². The number of halogens is 1. The van der Waals surface area contributed by atoms with Gasteiger partial charge in [0, 0.05) is 20.8 Å². The van der Waals surface area contributed by atoms with E-state index in [0.29, 0.717) is 4.58 Å². The van der Waals surface area contributed by atoms with Gasteiger partial charge in [-0.3, -0.25) is 4.79 Å². The molecule has 0 unspecified atom stereocenters. The van der Waals surface area contributed by atoms with Crippen molar-refractivity contribution in [3.05, 3.63) is 57.7 Å². The Hall–Kier alpha value is -0.860. The van der Waals surface area contributed by atoms with Crippen molar-refractivity contribution in [3.8, 4) is 5.75 Å². The predicted octanol–water partition coefficient (Wildman–Crippen LogP) is 4.79. The van der Waals surface area contributed by atoms with Crippen LogP contribution in [0.2, 0.25) is 0 Å². The number of benzene rings is 2. The highest BCUT2D eigenvalue weighted by Gasteiger charge is 2.17. The smallest absolute Gasteiger partial charge is 0.262 e. The molecule has 23 heavy (non-hydrogen) atoms. The van der Waals surface area contributed by atoms with Gasteiger partial charge in [0.1, 0.15) is 5.75 Å². The molecule has 1 fully saturated rings. The van der Waals surface area contributed by atoms with Gasteiger partial charge in [0.15, 0.2) is 6.61 Å². The number of anilines is 1. The minimum Gasteiger partial charge on any atom is -0.484 e. The largest absolute Gasteiger partial charge is 0.484 e. The molecule has 6 heteroatoms. The number of ether oxygens (including phenoxy) is 1. The molecule has 120 valence electrons. The quantitative estimate of drug-likeness (QED) is 0.656. The summed E-state index contributed by atoms with van der Waals surface area (Å²) in [6.45, 7) is 0.0122. The monoisotopic (exact) mass is 457 g/mol. The van der Waals surface area contributed by atoms with E-state index in [1.807, 2.05) is 59.9 Å². The second-order valence-corrected chi connectivity index (χ2v) is 8.96. The van der Waals surface area contributed by atoms with Gasteiger partial charge in [-0.1, -0.05) is 12.1 Å². The van der Waals surface area contributed by atoms with Gasteiger partial charge in [-0.2, -0.15) is 0 Å². The Balaban J connectivity index is 1.49. The third-order valence-corrected chi connectivity index (χ3v) is 7.10. The van der Waals surface area contributed by atoms with Crippen LogP contribution in [0.4, 0.5) is 5.69 Å². The zero-order chi connectivity index (χ0) is 16.1. The zero-order valence-corrected chi connectivity index (χ0v) is 16.1. The van der Waals surface area contributed by atoms with E-state index in [1.54, 1.807) is 0 Å². The van der Waals surface area contributed by atoms with E-state index in [4.69, 9.17) is 4.74 Å². The van der Waals surface area contributed by atoms with Crippen molar-refractivity contribution in [1.29, 1.82) is 0 Å². The van der Waals surface area contributed by atoms with Crippen molar-refractivity contribution in [2.24, 2.45) is 0 Å². The number of amides is 1. The van der Waals surface area contributed by atoms with Crippen LogP contribution in [0.5, 0.6) is 5.75 Å². The lowest BCUT2D eigenvalue weighted by Gasteiger charge is -2.10. The molecule has 1 saturated heterocycles. The van der Waals surface area contributed by atoms with Crippen molar-refractivity contribution in [2.45, 2.75) is 4.58 Å². The third kappa shape index (κ3) is 5.06. The van der Waals surface area contributed by atoms with Gasteiger partial charge in [0.05, 0.1) is 4.58 Å². The maximum absolute atomic E-state index is 11.9. The van der Waals surface area contributed by atoms with Crippen LogP contribution in [0.15, 0.2) is 48.5 Å². The second-order valence-electron chi connectivity index (χ2n) is 4.99. The molecule has 0 saturated carbocycles. The lowest BCUT2D eigenvalue weighted by atomic mass is 10.2. The Morgan fingerprint density at radius 2 is 1.74 bits per heavy atom. The highest BCUT2D eigenvalue weighted by molar-refractivity contribution is 14.1. The Kier molecular flexibility index (Phi) is 6.13. The normalized spacial score (nSPS) is 14.7. The minimum absolute atomic E-state index is 0.0122. The molecule has 1 aliphatic heterocycles. The first-order valence-corrected chi connectivity index (χ1v) is 10.4. The molecule has 0 aliphatic carbocycles. The van der Waals surface area contributed by atoms with Crippen LogP contribution in [-0.2, 0) is 4.79 Å². The Bertz CT molecular complexity index is 655. The van der Waals surface area contributed by atoms with Crippen LogP contribution in [0, 0.1) is 3.57 Å². The molecule has 1 aliphatic rings. The fourth-order valence-electron chi connectivity index (χ4n) is 2.15. The van der Waals surface area contributed by atoms with E-state index >= 15 is 0 Å². The highest BCUT2D eigenvalue weighted by atomic mass is 127. The van der Waals surface area contributed by atoms with E-state index < -0.39 is 0 Å². The summed E-state index contributed by atoms with van der Waals surface area (Å²) in [4.78, 5) is 11.9. The van der Waals surface area contributed by atoms with Crippen LogP contribution in [-0.4, -0.2) is 24.0 Å². The molecule has 2 aromatic carbocycles. The zero-order valence-electron chi connectivity index (χ0n) is 12.3. The van der Waals surface area contributed by atoms with Crippen molar-refractivity contribution in [2.75, 3.05) is 23.4 Å². The number of nitrogens with one attached hydrogen (secondary N) is 1. The molecule has 0 aromatic heterocycles. The first-order chi connectivity index (χ1) is 11.2. The topological polar surface area (TPSA) is 38.3 Å². The summed E-state index contributed by atoms with van der Waals surface area (Å²) in [6.07, 6.45) is 0. The van der Waals surface area contributed by atoms with E-state index in [9.17, 15) is 4.79 Å². The summed E-state index contributed by atoms with van der Waals surface area (Å²) in [7, 11) is 0. The van der Waals surface area contributed by atoms with E-state index in [-0.39, 0.29) is 12.5 Å².